The van der Waals surface area contributed by atoms with E-state index < -0.39 is 0 Å². The van der Waals surface area contributed by atoms with Crippen LogP contribution in [0.2, 0.25) is 0 Å². The van der Waals surface area contributed by atoms with Crippen molar-refractivity contribution in [2.24, 2.45) is 0 Å². The molecule has 1 heterocycles. The van der Waals surface area contributed by atoms with Crippen LogP contribution in [0.3, 0.4) is 0 Å². The summed E-state index contributed by atoms with van der Waals surface area (Å²) in [6.07, 6.45) is 1.16. The first-order valence-corrected chi connectivity index (χ1v) is 10.2. The Kier molecular flexibility index (Phi) is 7.65. The van der Waals surface area contributed by atoms with Crippen LogP contribution in [0, 0.1) is 5.82 Å². The lowest BCUT2D eigenvalue weighted by Crippen LogP contribution is -2.49. The number of rotatable bonds is 8. The molecule has 0 aliphatic carbocycles. The smallest absolute Gasteiger partial charge is 0.222 e. The topological polar surface area (TPSA) is 61.9 Å². The van der Waals surface area contributed by atoms with Gasteiger partial charge in [-0.25, -0.2) is 4.39 Å². The number of hydrogen-bond donors (Lipinski definition) is 1. The van der Waals surface area contributed by atoms with Gasteiger partial charge in [-0.15, -0.1) is 0 Å². The van der Waals surface area contributed by atoms with Crippen LogP contribution >= 0.6 is 0 Å². The molecule has 30 heavy (non-hydrogen) atoms. The fourth-order valence-corrected chi connectivity index (χ4v) is 3.53. The predicted octanol–water partition coefficient (Wildman–Crippen LogP) is 2.97. The Morgan fingerprint density at radius 2 is 1.80 bits per heavy atom. The van der Waals surface area contributed by atoms with Gasteiger partial charge in [0.2, 0.25) is 11.8 Å². The molecule has 1 N–H and O–H groups in total. The monoisotopic (exact) mass is 413 g/mol. The Bertz CT molecular complexity index is 866. The molecule has 1 saturated heterocycles. The van der Waals surface area contributed by atoms with Gasteiger partial charge >= 0.3 is 0 Å². The fourth-order valence-electron chi connectivity index (χ4n) is 3.53. The van der Waals surface area contributed by atoms with Crippen LogP contribution in [0.25, 0.3) is 0 Å². The minimum absolute atomic E-state index is 0.0452. The number of anilines is 1. The Labute approximate surface area is 176 Å². The van der Waals surface area contributed by atoms with Gasteiger partial charge in [-0.2, -0.15) is 0 Å². The normalized spacial score (nSPS) is 13.8. The molecule has 2 aromatic carbocycles. The molecule has 3 rings (SSSR count). The van der Waals surface area contributed by atoms with E-state index in [1.54, 1.807) is 24.1 Å². The minimum atomic E-state index is -0.239. The van der Waals surface area contributed by atoms with Gasteiger partial charge in [0, 0.05) is 45.6 Å². The van der Waals surface area contributed by atoms with E-state index in [4.69, 9.17) is 4.74 Å². The lowest BCUT2D eigenvalue weighted by molar-refractivity contribution is -0.131. The summed E-state index contributed by atoms with van der Waals surface area (Å²) in [4.78, 5) is 28.2. The largest absolute Gasteiger partial charge is 0.497 e. The number of para-hydroxylation sites is 1. The van der Waals surface area contributed by atoms with Gasteiger partial charge in [0.1, 0.15) is 11.6 Å². The average Bonchev–Trinajstić information content (AvgIpc) is 2.78. The number of nitrogens with zero attached hydrogens (tertiary/aromatic N) is 2. The highest BCUT2D eigenvalue weighted by Crippen LogP contribution is 2.20. The average molecular weight is 413 g/mol. The van der Waals surface area contributed by atoms with E-state index in [-0.39, 0.29) is 17.6 Å². The van der Waals surface area contributed by atoms with Gasteiger partial charge in [0.15, 0.2) is 0 Å². The highest BCUT2D eigenvalue weighted by molar-refractivity contribution is 5.79. The van der Waals surface area contributed by atoms with Crippen molar-refractivity contribution in [1.82, 2.24) is 10.2 Å². The Hall–Kier alpha value is -3.09. The van der Waals surface area contributed by atoms with E-state index in [1.807, 2.05) is 35.2 Å². The summed E-state index contributed by atoms with van der Waals surface area (Å²) in [6, 6.07) is 14.2. The van der Waals surface area contributed by atoms with Gasteiger partial charge in [0.05, 0.1) is 12.8 Å². The van der Waals surface area contributed by atoms with Gasteiger partial charge in [-0.1, -0.05) is 24.3 Å². The van der Waals surface area contributed by atoms with E-state index in [9.17, 15) is 14.0 Å². The lowest BCUT2D eigenvalue weighted by atomic mass is 10.1. The molecular weight excluding hydrogens is 385 g/mol. The van der Waals surface area contributed by atoms with Gasteiger partial charge < -0.3 is 19.9 Å². The Morgan fingerprint density at radius 3 is 2.53 bits per heavy atom. The second-order valence-electron chi connectivity index (χ2n) is 7.30. The number of amides is 2. The van der Waals surface area contributed by atoms with E-state index in [0.717, 1.165) is 11.3 Å². The first kappa shape index (κ1) is 21.6. The summed E-state index contributed by atoms with van der Waals surface area (Å²) in [5.41, 5.74) is 1.55. The van der Waals surface area contributed by atoms with Crippen molar-refractivity contribution in [2.75, 3.05) is 38.2 Å². The first-order chi connectivity index (χ1) is 14.6. The SMILES string of the molecule is COc1cccc(CNC(=O)CCCC(=O)N2CCN(c3ccccc3F)CC2)c1. The van der Waals surface area contributed by atoms with Gasteiger partial charge in [0.25, 0.3) is 0 Å². The summed E-state index contributed by atoms with van der Waals surface area (Å²) in [5, 5.41) is 2.87. The maximum Gasteiger partial charge on any atom is 0.222 e. The third-order valence-electron chi connectivity index (χ3n) is 5.24. The molecule has 1 aliphatic rings. The second-order valence-corrected chi connectivity index (χ2v) is 7.30. The third kappa shape index (κ3) is 5.95. The molecule has 0 bridgehead atoms. The molecule has 1 fully saturated rings. The van der Waals surface area contributed by atoms with E-state index in [2.05, 4.69) is 5.32 Å². The van der Waals surface area contributed by atoms with Crippen LogP contribution in [-0.4, -0.2) is 50.0 Å². The van der Waals surface area contributed by atoms with Crippen LogP contribution < -0.4 is 15.0 Å². The fraction of sp³-hybridized carbons (Fsp3) is 0.391. The predicted molar refractivity (Wildman–Crippen MR) is 114 cm³/mol. The van der Waals surface area contributed by atoms with Crippen molar-refractivity contribution in [2.45, 2.75) is 25.8 Å². The number of piperazine rings is 1. The van der Waals surface area contributed by atoms with Crippen molar-refractivity contribution in [3.63, 3.8) is 0 Å². The zero-order valence-corrected chi connectivity index (χ0v) is 17.3. The first-order valence-electron chi connectivity index (χ1n) is 10.2. The highest BCUT2D eigenvalue weighted by atomic mass is 19.1. The second kappa shape index (κ2) is 10.6. The molecule has 0 spiro atoms. The summed E-state index contributed by atoms with van der Waals surface area (Å²) < 4.78 is 19.1. The highest BCUT2D eigenvalue weighted by Gasteiger charge is 2.22. The van der Waals surface area contributed by atoms with Crippen LogP contribution in [0.5, 0.6) is 5.75 Å². The zero-order chi connectivity index (χ0) is 21.3. The number of benzene rings is 2. The molecule has 0 atom stereocenters. The van der Waals surface area contributed by atoms with E-state index in [1.165, 1.54) is 6.07 Å². The number of carbonyl (C=O) groups excluding carboxylic acids is 2. The number of carbonyl (C=O) groups is 2. The van der Waals surface area contributed by atoms with Crippen LogP contribution in [-0.2, 0) is 16.1 Å². The zero-order valence-electron chi connectivity index (χ0n) is 17.3. The van der Waals surface area contributed by atoms with Crippen molar-refractivity contribution < 1.29 is 18.7 Å². The van der Waals surface area contributed by atoms with Crippen molar-refractivity contribution >= 4 is 17.5 Å². The minimum Gasteiger partial charge on any atom is -0.497 e. The van der Waals surface area contributed by atoms with Gasteiger partial charge in [-0.05, 0) is 36.2 Å². The molecule has 2 amide bonds. The molecule has 6 nitrogen and oxygen atoms in total. The number of halogens is 1. The standard InChI is InChI=1S/C23H28FN3O3/c1-30-19-7-4-6-18(16-19)17-25-22(28)10-5-11-23(29)27-14-12-26(13-15-27)21-9-3-2-8-20(21)24/h2-4,6-9,16H,5,10-15,17H2,1H3,(H,25,28). The molecule has 1 aliphatic heterocycles. The molecule has 0 unspecified atom stereocenters. The lowest BCUT2D eigenvalue weighted by Gasteiger charge is -2.36. The molecule has 0 saturated carbocycles. The van der Waals surface area contributed by atoms with Gasteiger partial charge in [-0.3, -0.25) is 9.59 Å². The Balaban J connectivity index is 1.35. The number of nitrogens with one attached hydrogen (secondary N) is 1. The molecule has 2 aromatic rings. The van der Waals surface area contributed by atoms with Crippen LogP contribution in [0.4, 0.5) is 10.1 Å². The van der Waals surface area contributed by atoms with Crippen molar-refractivity contribution in [3.05, 3.63) is 59.9 Å². The molecule has 0 radical (unpaired) electrons. The maximum atomic E-state index is 13.9. The summed E-state index contributed by atoms with van der Waals surface area (Å²) in [6.45, 7) is 2.77. The van der Waals surface area contributed by atoms with Crippen LogP contribution in [0.1, 0.15) is 24.8 Å². The van der Waals surface area contributed by atoms with E-state index in [0.29, 0.717) is 57.7 Å². The number of hydrogen-bond acceptors (Lipinski definition) is 4. The maximum absolute atomic E-state index is 13.9. The third-order valence-corrected chi connectivity index (χ3v) is 5.24. The van der Waals surface area contributed by atoms with Crippen molar-refractivity contribution in [1.29, 1.82) is 0 Å². The molecule has 7 heteroatoms. The molecule has 0 aromatic heterocycles. The van der Waals surface area contributed by atoms with Crippen molar-refractivity contribution in [3.8, 4) is 5.75 Å². The summed E-state index contributed by atoms with van der Waals surface area (Å²) in [7, 11) is 1.61. The van der Waals surface area contributed by atoms with E-state index >= 15 is 0 Å². The molecule has 160 valence electrons. The summed E-state index contributed by atoms with van der Waals surface area (Å²) in [5.74, 6) is 0.485. The number of ether oxygens (including phenoxy) is 1. The Morgan fingerprint density at radius 1 is 1.03 bits per heavy atom. The molecular formula is C23H28FN3O3. The number of methoxy groups -OCH3 is 1. The van der Waals surface area contributed by atoms with Crippen LogP contribution in [0.15, 0.2) is 48.5 Å². The quantitative estimate of drug-likeness (QED) is 0.723. The summed E-state index contributed by atoms with van der Waals surface area (Å²) >= 11 is 0.